The predicted molar refractivity (Wildman–Crippen MR) is 65.7 cm³/mol. The summed E-state index contributed by atoms with van der Waals surface area (Å²) in [7, 11) is 0. The van der Waals surface area contributed by atoms with E-state index >= 15 is 0 Å². The maximum absolute atomic E-state index is 10.2. The first kappa shape index (κ1) is 12.0. The Labute approximate surface area is 95.4 Å². The Bertz CT molecular complexity index is 404. The van der Waals surface area contributed by atoms with Gasteiger partial charge in [0.05, 0.1) is 5.76 Å². The summed E-state index contributed by atoms with van der Waals surface area (Å²) in [5.74, 6) is 1.40. The minimum Gasteiger partial charge on any atom is -0.462 e. The molecule has 1 rings (SSSR count). The minimum absolute atomic E-state index is 0.591. The maximum Gasteiger partial charge on any atom is 0.211 e. The number of ether oxygens (including phenoxy) is 1. The average Bonchev–Trinajstić information content (AvgIpc) is 2.30. The lowest BCUT2D eigenvalue weighted by atomic mass is 10.2. The van der Waals surface area contributed by atoms with E-state index < -0.39 is 0 Å². The van der Waals surface area contributed by atoms with Crippen LogP contribution in [0.5, 0.6) is 0 Å². The van der Waals surface area contributed by atoms with E-state index in [9.17, 15) is 4.79 Å². The summed E-state index contributed by atoms with van der Waals surface area (Å²) < 4.78 is 5.46. The zero-order valence-electron chi connectivity index (χ0n) is 9.49. The van der Waals surface area contributed by atoms with Crippen molar-refractivity contribution < 1.29 is 9.53 Å². The van der Waals surface area contributed by atoms with Crippen LogP contribution < -0.4 is 5.32 Å². The van der Waals surface area contributed by atoms with Gasteiger partial charge in [0.2, 0.25) is 6.41 Å². The molecule has 84 valence electrons. The molecule has 0 aromatic heterocycles. The number of hydrogen-bond acceptors (Lipinski definition) is 2. The van der Waals surface area contributed by atoms with E-state index in [0.717, 1.165) is 17.0 Å². The molecule has 0 atom stereocenters. The summed E-state index contributed by atoms with van der Waals surface area (Å²) >= 11 is 0. The third kappa shape index (κ3) is 3.28. The fraction of sp³-hybridized carbons (Fsp3) is 0.154. The molecule has 1 N–H and O–H groups in total. The molecule has 1 aromatic carbocycles. The molecule has 3 heteroatoms. The number of carbonyl (C=O) groups is 1. The lowest BCUT2D eigenvalue weighted by molar-refractivity contribution is -0.105. The van der Waals surface area contributed by atoms with Gasteiger partial charge in [0.15, 0.2) is 0 Å². The first-order valence-electron chi connectivity index (χ1n) is 4.97. The summed E-state index contributed by atoms with van der Waals surface area (Å²) in [6, 6.07) is 7.28. The van der Waals surface area contributed by atoms with Crippen LogP contribution in [0.4, 0.5) is 5.69 Å². The van der Waals surface area contributed by atoms with Crippen molar-refractivity contribution in [2.45, 2.75) is 13.8 Å². The molecule has 0 aliphatic rings. The molecule has 0 bridgehead atoms. The van der Waals surface area contributed by atoms with Crippen LogP contribution in [0.1, 0.15) is 19.4 Å². The normalized spacial score (nSPS) is 10.8. The summed E-state index contributed by atoms with van der Waals surface area (Å²) in [5.41, 5.74) is 1.63. The quantitative estimate of drug-likeness (QED) is 0.607. The Morgan fingerprint density at radius 1 is 1.38 bits per heavy atom. The number of hydrogen-bond donors (Lipinski definition) is 1. The zero-order chi connectivity index (χ0) is 12.0. The number of rotatable bonds is 5. The highest BCUT2D eigenvalue weighted by molar-refractivity contribution is 5.72. The van der Waals surface area contributed by atoms with Gasteiger partial charge in [-0.25, -0.2) is 0 Å². The van der Waals surface area contributed by atoms with Gasteiger partial charge in [0, 0.05) is 11.3 Å². The lowest BCUT2D eigenvalue weighted by Gasteiger charge is -2.09. The summed E-state index contributed by atoms with van der Waals surface area (Å²) in [6.07, 6.45) is 2.51. The number of anilines is 1. The predicted octanol–water partition coefficient (Wildman–Crippen LogP) is 3.17. The Hall–Kier alpha value is -2.03. The number of nitrogens with one attached hydrogen (secondary N) is 1. The first-order chi connectivity index (χ1) is 7.67. The van der Waals surface area contributed by atoms with Crippen LogP contribution >= 0.6 is 0 Å². The van der Waals surface area contributed by atoms with Gasteiger partial charge in [-0.2, -0.15) is 0 Å². The van der Waals surface area contributed by atoms with Crippen molar-refractivity contribution in [3.05, 3.63) is 48.2 Å². The number of allylic oxidation sites excluding steroid dienone is 2. The molecule has 0 saturated heterocycles. The van der Waals surface area contributed by atoms with Crippen molar-refractivity contribution in [3.8, 4) is 0 Å². The van der Waals surface area contributed by atoms with Crippen molar-refractivity contribution >= 4 is 17.9 Å². The number of amides is 1. The van der Waals surface area contributed by atoms with Gasteiger partial charge in [-0.1, -0.05) is 6.58 Å². The van der Waals surface area contributed by atoms with E-state index in [-0.39, 0.29) is 0 Å². The van der Waals surface area contributed by atoms with Crippen LogP contribution in [-0.4, -0.2) is 6.41 Å². The second kappa shape index (κ2) is 5.75. The fourth-order valence-corrected chi connectivity index (χ4v) is 1.13. The van der Waals surface area contributed by atoms with Crippen LogP contribution in [0.15, 0.2) is 42.7 Å². The summed E-state index contributed by atoms with van der Waals surface area (Å²) in [4.78, 5) is 10.2. The highest BCUT2D eigenvalue weighted by Gasteiger charge is 2.00. The molecule has 0 saturated carbocycles. The molecule has 1 amide bonds. The molecule has 0 aliphatic carbocycles. The highest BCUT2D eigenvalue weighted by Crippen LogP contribution is 2.19. The van der Waals surface area contributed by atoms with Gasteiger partial charge in [0.25, 0.3) is 0 Å². The second-order valence-corrected chi connectivity index (χ2v) is 3.26. The zero-order valence-corrected chi connectivity index (χ0v) is 9.49. The molecule has 0 aliphatic heterocycles. The van der Waals surface area contributed by atoms with Crippen LogP contribution in [-0.2, 0) is 9.53 Å². The standard InChI is InChI=1S/C13H15NO2/c1-4-10(2)16-11(3)12-5-7-13(8-6-12)14-9-15/h4-9H,3H2,1-2H3,(H,14,15)/b10-4+. The third-order valence-corrected chi connectivity index (χ3v) is 2.12. The Morgan fingerprint density at radius 3 is 2.50 bits per heavy atom. The van der Waals surface area contributed by atoms with Crippen LogP contribution in [0.25, 0.3) is 5.76 Å². The minimum atomic E-state index is 0.591. The molecule has 0 unspecified atom stereocenters. The SMILES string of the molecule is C=C(O/C(C)=C/C)c1ccc(NC=O)cc1. The number of benzene rings is 1. The van der Waals surface area contributed by atoms with Crippen LogP contribution in [0.3, 0.4) is 0 Å². The summed E-state index contributed by atoms with van der Waals surface area (Å²) in [6.45, 7) is 7.61. The van der Waals surface area contributed by atoms with Crippen molar-refractivity contribution in [2.75, 3.05) is 5.32 Å². The van der Waals surface area contributed by atoms with Crippen molar-refractivity contribution in [1.29, 1.82) is 0 Å². The van der Waals surface area contributed by atoms with Crippen molar-refractivity contribution in [2.24, 2.45) is 0 Å². The Balaban J connectivity index is 2.73. The summed E-state index contributed by atoms with van der Waals surface area (Å²) in [5, 5.41) is 2.56. The third-order valence-electron chi connectivity index (χ3n) is 2.12. The van der Waals surface area contributed by atoms with Crippen LogP contribution in [0.2, 0.25) is 0 Å². The van der Waals surface area contributed by atoms with Gasteiger partial charge < -0.3 is 10.1 Å². The molecule has 0 spiro atoms. The molecule has 1 aromatic rings. The van der Waals surface area contributed by atoms with E-state index in [1.165, 1.54) is 0 Å². The Morgan fingerprint density at radius 2 is 2.00 bits per heavy atom. The van der Waals surface area contributed by atoms with Gasteiger partial charge >= 0.3 is 0 Å². The van der Waals surface area contributed by atoms with Gasteiger partial charge in [-0.3, -0.25) is 4.79 Å². The lowest BCUT2D eigenvalue weighted by Crippen LogP contribution is -1.94. The topological polar surface area (TPSA) is 38.3 Å². The highest BCUT2D eigenvalue weighted by atomic mass is 16.5. The largest absolute Gasteiger partial charge is 0.462 e. The van der Waals surface area contributed by atoms with Crippen molar-refractivity contribution in [1.82, 2.24) is 0 Å². The smallest absolute Gasteiger partial charge is 0.211 e. The Kier molecular flexibility index (Phi) is 4.33. The van der Waals surface area contributed by atoms with E-state index in [1.54, 1.807) is 12.1 Å². The van der Waals surface area contributed by atoms with Crippen molar-refractivity contribution in [3.63, 3.8) is 0 Å². The number of carbonyl (C=O) groups excluding carboxylic acids is 1. The molecule has 0 radical (unpaired) electrons. The molecule has 0 heterocycles. The molecular weight excluding hydrogens is 202 g/mol. The van der Waals surface area contributed by atoms with Gasteiger partial charge in [-0.05, 0) is 44.2 Å². The maximum atomic E-state index is 10.2. The molecular formula is C13H15NO2. The van der Waals surface area contributed by atoms with Gasteiger partial charge in [0.1, 0.15) is 5.76 Å². The first-order valence-corrected chi connectivity index (χ1v) is 4.97. The molecule has 0 fully saturated rings. The van der Waals surface area contributed by atoms with E-state index in [2.05, 4.69) is 11.9 Å². The van der Waals surface area contributed by atoms with E-state index in [1.807, 2.05) is 32.1 Å². The molecule has 3 nitrogen and oxygen atoms in total. The molecule has 16 heavy (non-hydrogen) atoms. The monoisotopic (exact) mass is 217 g/mol. The average molecular weight is 217 g/mol. The van der Waals surface area contributed by atoms with E-state index in [4.69, 9.17) is 4.74 Å². The fourth-order valence-electron chi connectivity index (χ4n) is 1.13. The van der Waals surface area contributed by atoms with Gasteiger partial charge in [-0.15, -0.1) is 0 Å². The van der Waals surface area contributed by atoms with Crippen LogP contribution in [0, 0.1) is 0 Å². The van der Waals surface area contributed by atoms with E-state index in [0.29, 0.717) is 12.2 Å². The second-order valence-electron chi connectivity index (χ2n) is 3.26.